The Labute approximate surface area is 162 Å². The second-order valence-electron chi connectivity index (χ2n) is 5.84. The van der Waals surface area contributed by atoms with Crippen LogP contribution in [-0.4, -0.2) is 46.1 Å². The van der Waals surface area contributed by atoms with Gasteiger partial charge >= 0.3 is 0 Å². The van der Waals surface area contributed by atoms with Gasteiger partial charge in [-0.2, -0.15) is 0 Å². The first kappa shape index (κ1) is 19.4. The smallest absolute Gasteiger partial charge is 0.296 e. The first-order valence-electron chi connectivity index (χ1n) is 8.00. The fraction of sp³-hybridized carbons (Fsp3) is 0.118. The van der Waals surface area contributed by atoms with Crippen LogP contribution in [0.2, 0.25) is 0 Å². The van der Waals surface area contributed by atoms with Crippen LogP contribution in [0.1, 0.15) is 20.7 Å². The second-order valence-corrected chi connectivity index (χ2v) is 5.84. The van der Waals surface area contributed by atoms with Crippen molar-refractivity contribution in [3.05, 3.63) is 67.8 Å². The van der Waals surface area contributed by atoms with E-state index in [0.717, 1.165) is 12.1 Å². The third kappa shape index (κ3) is 3.45. The molecule has 0 fully saturated rings. The molecule has 0 radical (unpaired) electrons. The van der Waals surface area contributed by atoms with Gasteiger partial charge in [0.2, 0.25) is 5.91 Å². The van der Waals surface area contributed by atoms with Gasteiger partial charge in [-0.1, -0.05) is 6.07 Å². The number of anilines is 1. The number of nitrogens with zero attached hydrogens (tertiary/aromatic N) is 3. The van der Waals surface area contributed by atoms with Crippen LogP contribution in [0.3, 0.4) is 0 Å². The quantitative estimate of drug-likeness (QED) is 0.435. The topological polar surface area (TPSA) is 162 Å². The number of amides is 3. The van der Waals surface area contributed by atoms with Gasteiger partial charge in [0.15, 0.2) is 0 Å². The van der Waals surface area contributed by atoms with Crippen molar-refractivity contribution in [2.75, 3.05) is 19.0 Å². The lowest BCUT2D eigenvalue weighted by molar-refractivity contribution is -0.385. The molecular weight excluding hydrogens is 388 g/mol. The minimum Gasteiger partial charge on any atom is -0.496 e. The summed E-state index contributed by atoms with van der Waals surface area (Å²) in [5, 5.41) is 24.6. The molecule has 1 N–H and O–H groups in total. The number of hydrogen-bond acceptors (Lipinski definition) is 8. The van der Waals surface area contributed by atoms with Crippen LogP contribution in [0.4, 0.5) is 17.1 Å². The summed E-state index contributed by atoms with van der Waals surface area (Å²) in [7, 11) is 1.32. The van der Waals surface area contributed by atoms with E-state index >= 15 is 0 Å². The van der Waals surface area contributed by atoms with Crippen LogP contribution in [0, 0.1) is 20.2 Å². The molecule has 0 bridgehead atoms. The van der Waals surface area contributed by atoms with Gasteiger partial charge in [-0.25, -0.2) is 0 Å². The van der Waals surface area contributed by atoms with Crippen LogP contribution < -0.4 is 10.1 Å². The number of imide groups is 1. The van der Waals surface area contributed by atoms with Crippen LogP contribution in [-0.2, 0) is 4.79 Å². The number of nitro benzene ring substituents is 2. The van der Waals surface area contributed by atoms with Gasteiger partial charge in [0.05, 0.1) is 28.6 Å². The van der Waals surface area contributed by atoms with E-state index in [2.05, 4.69) is 5.32 Å². The van der Waals surface area contributed by atoms with Crippen molar-refractivity contribution in [2.45, 2.75) is 0 Å². The molecule has 0 saturated carbocycles. The molecule has 0 atom stereocenters. The van der Waals surface area contributed by atoms with E-state index in [9.17, 15) is 34.6 Å². The summed E-state index contributed by atoms with van der Waals surface area (Å²) in [6, 6.07) is 7.30. The molecule has 12 nitrogen and oxygen atoms in total. The van der Waals surface area contributed by atoms with Crippen LogP contribution in [0.5, 0.6) is 5.75 Å². The number of fused-ring (bicyclic) bond motifs is 1. The molecule has 12 heteroatoms. The number of methoxy groups -OCH3 is 1. The molecule has 2 aromatic rings. The first-order valence-corrected chi connectivity index (χ1v) is 8.00. The highest BCUT2D eigenvalue weighted by Crippen LogP contribution is 2.31. The van der Waals surface area contributed by atoms with Crippen molar-refractivity contribution in [2.24, 2.45) is 0 Å². The van der Waals surface area contributed by atoms with Gasteiger partial charge in [-0.05, 0) is 18.2 Å². The normalized spacial score (nSPS) is 12.5. The van der Waals surface area contributed by atoms with Crippen LogP contribution >= 0.6 is 0 Å². The monoisotopic (exact) mass is 400 g/mol. The lowest BCUT2D eigenvalue weighted by Crippen LogP contribution is -2.37. The Bertz CT molecular complexity index is 1080. The molecule has 0 aromatic heterocycles. The summed E-state index contributed by atoms with van der Waals surface area (Å²) in [5.41, 5.74) is -1.74. The third-order valence-corrected chi connectivity index (χ3v) is 4.15. The molecule has 29 heavy (non-hydrogen) atoms. The summed E-state index contributed by atoms with van der Waals surface area (Å²) < 4.78 is 4.90. The predicted molar refractivity (Wildman–Crippen MR) is 96.7 cm³/mol. The Balaban J connectivity index is 1.83. The van der Waals surface area contributed by atoms with Crippen molar-refractivity contribution in [1.82, 2.24) is 4.90 Å². The van der Waals surface area contributed by atoms with Gasteiger partial charge in [0.1, 0.15) is 23.5 Å². The van der Waals surface area contributed by atoms with E-state index in [0.29, 0.717) is 4.90 Å². The summed E-state index contributed by atoms with van der Waals surface area (Å²) >= 11 is 0. The third-order valence-electron chi connectivity index (χ3n) is 4.15. The molecule has 1 aliphatic heterocycles. The maximum Gasteiger partial charge on any atom is 0.296 e. The fourth-order valence-electron chi connectivity index (χ4n) is 2.84. The zero-order chi connectivity index (χ0) is 21.3. The molecule has 0 spiro atoms. The van der Waals surface area contributed by atoms with Crippen LogP contribution in [0.25, 0.3) is 0 Å². The molecule has 0 aliphatic carbocycles. The van der Waals surface area contributed by atoms with Crippen molar-refractivity contribution >= 4 is 34.8 Å². The van der Waals surface area contributed by atoms with Gasteiger partial charge in [-0.3, -0.25) is 39.5 Å². The van der Waals surface area contributed by atoms with Crippen LogP contribution in [0.15, 0.2) is 36.4 Å². The maximum absolute atomic E-state index is 12.5. The lowest BCUT2D eigenvalue weighted by Gasteiger charge is -2.13. The number of carbonyl (C=O) groups excluding carboxylic acids is 3. The first-order chi connectivity index (χ1) is 13.7. The molecule has 0 saturated heterocycles. The number of nitro groups is 2. The molecule has 1 heterocycles. The maximum atomic E-state index is 12.5. The van der Waals surface area contributed by atoms with E-state index < -0.39 is 51.1 Å². The number of rotatable bonds is 6. The standard InChI is InChI=1S/C17H12N4O8/c1-29-9-5-6-11(13(7-9)21(27)28)18-14(22)8-19-16(23)10-3-2-4-12(20(25)26)15(10)17(19)24/h2-7H,8H2,1H3,(H,18,22). The van der Waals surface area contributed by atoms with Gasteiger partial charge in [0, 0.05) is 6.07 Å². The number of hydrogen-bond donors (Lipinski definition) is 1. The van der Waals surface area contributed by atoms with E-state index in [4.69, 9.17) is 4.74 Å². The molecule has 3 amide bonds. The zero-order valence-electron chi connectivity index (χ0n) is 14.8. The summed E-state index contributed by atoms with van der Waals surface area (Å²) in [6.07, 6.45) is 0. The van der Waals surface area contributed by atoms with Gasteiger partial charge in [0.25, 0.3) is 23.2 Å². The van der Waals surface area contributed by atoms with Gasteiger partial charge < -0.3 is 10.1 Å². The second kappa shape index (κ2) is 7.34. The number of nitrogens with one attached hydrogen (secondary N) is 1. The Kier molecular flexibility index (Phi) is 4.92. The van der Waals surface area contributed by atoms with Crippen molar-refractivity contribution in [1.29, 1.82) is 0 Å². The molecule has 2 aromatic carbocycles. The Morgan fingerprint density at radius 3 is 2.38 bits per heavy atom. The number of benzene rings is 2. The highest BCUT2D eigenvalue weighted by Gasteiger charge is 2.41. The van der Waals surface area contributed by atoms with Crippen molar-refractivity contribution < 1.29 is 29.0 Å². The minimum atomic E-state index is -0.989. The molecular formula is C17H12N4O8. The highest BCUT2D eigenvalue weighted by molar-refractivity contribution is 6.24. The van der Waals surface area contributed by atoms with E-state index in [1.54, 1.807) is 0 Å². The largest absolute Gasteiger partial charge is 0.496 e. The summed E-state index contributed by atoms with van der Waals surface area (Å²) in [5.74, 6) is -2.55. The number of ether oxygens (including phenoxy) is 1. The number of carbonyl (C=O) groups is 3. The Morgan fingerprint density at radius 1 is 1.07 bits per heavy atom. The summed E-state index contributed by atoms with van der Waals surface area (Å²) in [6.45, 7) is -0.771. The lowest BCUT2D eigenvalue weighted by atomic mass is 10.1. The Hall–Kier alpha value is -4.35. The molecule has 0 unspecified atom stereocenters. The average Bonchev–Trinajstić information content (AvgIpc) is 2.93. The SMILES string of the molecule is COc1ccc(NC(=O)CN2C(=O)c3cccc([N+](=O)[O-])c3C2=O)c([N+](=O)[O-])c1. The van der Waals surface area contributed by atoms with E-state index in [1.165, 1.54) is 31.4 Å². The van der Waals surface area contributed by atoms with Crippen molar-refractivity contribution in [3.63, 3.8) is 0 Å². The van der Waals surface area contributed by atoms with E-state index in [-0.39, 0.29) is 17.0 Å². The van der Waals surface area contributed by atoms with Crippen molar-refractivity contribution in [3.8, 4) is 5.75 Å². The molecule has 1 aliphatic rings. The highest BCUT2D eigenvalue weighted by atomic mass is 16.6. The minimum absolute atomic E-state index is 0.164. The van der Waals surface area contributed by atoms with E-state index in [1.807, 2.05) is 0 Å². The summed E-state index contributed by atoms with van der Waals surface area (Å²) in [4.78, 5) is 58.5. The molecule has 148 valence electrons. The predicted octanol–water partition coefficient (Wildman–Crippen LogP) is 1.75. The molecule has 3 rings (SSSR count). The zero-order valence-corrected chi connectivity index (χ0v) is 14.8. The Morgan fingerprint density at radius 2 is 1.76 bits per heavy atom. The fourth-order valence-corrected chi connectivity index (χ4v) is 2.84. The van der Waals surface area contributed by atoms with Gasteiger partial charge in [-0.15, -0.1) is 0 Å². The average molecular weight is 400 g/mol.